The molecular formula is C12H19N5. The molecule has 5 nitrogen and oxygen atoms in total. The van der Waals surface area contributed by atoms with Crippen molar-refractivity contribution in [3.05, 3.63) is 12.3 Å². The predicted molar refractivity (Wildman–Crippen MR) is 69.1 cm³/mol. The average molecular weight is 233 g/mol. The van der Waals surface area contributed by atoms with Gasteiger partial charge >= 0.3 is 0 Å². The second kappa shape index (κ2) is 6.04. The average Bonchev–Trinajstić information content (AvgIpc) is 2.29. The van der Waals surface area contributed by atoms with E-state index in [9.17, 15) is 0 Å². The molecule has 0 atom stereocenters. The number of aromatic nitrogens is 2. The van der Waals surface area contributed by atoms with Gasteiger partial charge in [0, 0.05) is 32.9 Å². The van der Waals surface area contributed by atoms with Crippen molar-refractivity contribution in [2.45, 2.75) is 26.3 Å². The third kappa shape index (κ3) is 3.59. The van der Waals surface area contributed by atoms with Gasteiger partial charge in [0.25, 0.3) is 0 Å². The zero-order valence-corrected chi connectivity index (χ0v) is 10.9. The number of anilines is 2. The molecule has 0 aliphatic heterocycles. The van der Waals surface area contributed by atoms with Gasteiger partial charge < -0.3 is 9.80 Å². The Morgan fingerprint density at radius 3 is 2.65 bits per heavy atom. The van der Waals surface area contributed by atoms with Gasteiger partial charge in [0.2, 0.25) is 5.95 Å². The van der Waals surface area contributed by atoms with E-state index in [1.165, 1.54) is 0 Å². The fraction of sp³-hybridized carbons (Fsp3) is 0.583. The summed E-state index contributed by atoms with van der Waals surface area (Å²) in [7, 11) is 3.82. The number of hydrogen-bond acceptors (Lipinski definition) is 5. The Balaban J connectivity index is 2.94. The van der Waals surface area contributed by atoms with E-state index in [1.807, 2.05) is 25.1 Å². The maximum Gasteiger partial charge on any atom is 0.226 e. The van der Waals surface area contributed by atoms with E-state index in [0.29, 0.717) is 25.0 Å². The minimum atomic E-state index is 0.313. The van der Waals surface area contributed by atoms with Crippen LogP contribution in [0.25, 0.3) is 0 Å². The van der Waals surface area contributed by atoms with Gasteiger partial charge in [0.1, 0.15) is 5.82 Å². The summed E-state index contributed by atoms with van der Waals surface area (Å²) in [4.78, 5) is 12.6. The van der Waals surface area contributed by atoms with Gasteiger partial charge in [0.05, 0.1) is 12.5 Å². The van der Waals surface area contributed by atoms with E-state index in [2.05, 4.69) is 34.8 Å². The highest BCUT2D eigenvalue weighted by molar-refractivity contribution is 5.43. The first-order valence-corrected chi connectivity index (χ1v) is 5.70. The lowest BCUT2D eigenvalue weighted by Gasteiger charge is -2.27. The van der Waals surface area contributed by atoms with Crippen LogP contribution in [0.2, 0.25) is 0 Å². The van der Waals surface area contributed by atoms with Crippen LogP contribution in [0.1, 0.15) is 20.3 Å². The number of rotatable bonds is 5. The molecule has 0 saturated carbocycles. The Bertz CT molecular complexity index is 394. The summed E-state index contributed by atoms with van der Waals surface area (Å²) in [6.45, 7) is 4.88. The molecule has 0 aliphatic carbocycles. The van der Waals surface area contributed by atoms with Crippen LogP contribution in [0.15, 0.2) is 12.3 Å². The van der Waals surface area contributed by atoms with Crippen LogP contribution < -0.4 is 9.80 Å². The van der Waals surface area contributed by atoms with Crippen molar-refractivity contribution in [3.8, 4) is 6.07 Å². The maximum absolute atomic E-state index is 8.67. The zero-order valence-electron chi connectivity index (χ0n) is 10.9. The van der Waals surface area contributed by atoms with E-state index < -0.39 is 0 Å². The van der Waals surface area contributed by atoms with Gasteiger partial charge in [-0.15, -0.1) is 0 Å². The third-order valence-corrected chi connectivity index (χ3v) is 2.41. The minimum absolute atomic E-state index is 0.313. The summed E-state index contributed by atoms with van der Waals surface area (Å²) in [5.74, 6) is 1.55. The van der Waals surface area contributed by atoms with E-state index in [-0.39, 0.29) is 0 Å². The molecule has 0 radical (unpaired) electrons. The quantitative estimate of drug-likeness (QED) is 0.774. The SMILES string of the molecule is CC(C)N(CCC#N)c1ccnc(N(C)C)n1. The molecule has 0 amide bonds. The third-order valence-electron chi connectivity index (χ3n) is 2.41. The molecule has 0 aromatic carbocycles. The topological polar surface area (TPSA) is 56.1 Å². The first-order valence-electron chi connectivity index (χ1n) is 5.70. The summed E-state index contributed by atoms with van der Waals surface area (Å²) < 4.78 is 0. The molecule has 5 heteroatoms. The lowest BCUT2D eigenvalue weighted by molar-refractivity contribution is 0.675. The highest BCUT2D eigenvalue weighted by Gasteiger charge is 2.12. The van der Waals surface area contributed by atoms with E-state index in [1.54, 1.807) is 6.20 Å². The second-order valence-electron chi connectivity index (χ2n) is 4.30. The largest absolute Gasteiger partial charge is 0.353 e. The Labute approximate surface area is 103 Å². The molecule has 17 heavy (non-hydrogen) atoms. The van der Waals surface area contributed by atoms with Crippen molar-refractivity contribution in [2.75, 3.05) is 30.4 Å². The number of hydrogen-bond donors (Lipinski definition) is 0. The summed E-state index contributed by atoms with van der Waals surface area (Å²) in [6, 6.07) is 4.36. The molecule has 1 heterocycles. The van der Waals surface area contributed by atoms with Gasteiger partial charge in [-0.1, -0.05) is 0 Å². The first kappa shape index (κ1) is 13.2. The maximum atomic E-state index is 8.67. The monoisotopic (exact) mass is 233 g/mol. The van der Waals surface area contributed by atoms with Gasteiger partial charge in [-0.25, -0.2) is 4.98 Å². The van der Waals surface area contributed by atoms with E-state index >= 15 is 0 Å². The van der Waals surface area contributed by atoms with Crippen LogP contribution in [0.4, 0.5) is 11.8 Å². The summed E-state index contributed by atoms with van der Waals surface area (Å²) in [6.07, 6.45) is 2.25. The molecule has 0 spiro atoms. The highest BCUT2D eigenvalue weighted by Crippen LogP contribution is 2.16. The molecule has 1 aromatic heterocycles. The Hall–Kier alpha value is -1.83. The molecular weight excluding hydrogens is 214 g/mol. The summed E-state index contributed by atoms with van der Waals surface area (Å²) in [5, 5.41) is 8.67. The molecule has 92 valence electrons. The van der Waals surface area contributed by atoms with Crippen LogP contribution in [-0.2, 0) is 0 Å². The van der Waals surface area contributed by atoms with Gasteiger partial charge in [-0.2, -0.15) is 10.2 Å². The van der Waals surface area contributed by atoms with Crippen LogP contribution in [0, 0.1) is 11.3 Å². The predicted octanol–water partition coefficient (Wildman–Crippen LogP) is 1.67. The first-order chi connectivity index (χ1) is 8.06. The molecule has 1 aromatic rings. The van der Waals surface area contributed by atoms with Crippen molar-refractivity contribution in [2.24, 2.45) is 0 Å². The second-order valence-corrected chi connectivity index (χ2v) is 4.30. The van der Waals surface area contributed by atoms with Crippen molar-refractivity contribution in [1.82, 2.24) is 9.97 Å². The number of nitriles is 1. The van der Waals surface area contributed by atoms with Crippen molar-refractivity contribution >= 4 is 11.8 Å². The Morgan fingerprint density at radius 1 is 1.41 bits per heavy atom. The highest BCUT2D eigenvalue weighted by atomic mass is 15.3. The Kier molecular flexibility index (Phi) is 4.70. The van der Waals surface area contributed by atoms with Crippen LogP contribution in [0.3, 0.4) is 0 Å². The van der Waals surface area contributed by atoms with Gasteiger partial charge in [0.15, 0.2) is 0 Å². The normalized spacial score (nSPS) is 10.1. The smallest absolute Gasteiger partial charge is 0.226 e. The fourth-order valence-corrected chi connectivity index (χ4v) is 1.52. The van der Waals surface area contributed by atoms with Gasteiger partial charge in [-0.3, -0.25) is 0 Å². The molecule has 0 fully saturated rings. The summed E-state index contributed by atoms with van der Waals surface area (Å²) >= 11 is 0. The standard InChI is InChI=1S/C12H19N5/c1-10(2)17(9-5-7-13)11-6-8-14-12(15-11)16(3)4/h6,8,10H,5,9H2,1-4H3. The molecule has 0 bridgehead atoms. The zero-order chi connectivity index (χ0) is 12.8. The fourth-order valence-electron chi connectivity index (χ4n) is 1.52. The Morgan fingerprint density at radius 2 is 2.12 bits per heavy atom. The van der Waals surface area contributed by atoms with Crippen molar-refractivity contribution < 1.29 is 0 Å². The molecule has 0 unspecified atom stereocenters. The minimum Gasteiger partial charge on any atom is -0.353 e. The summed E-state index contributed by atoms with van der Waals surface area (Å²) in [5.41, 5.74) is 0. The molecule has 0 saturated heterocycles. The van der Waals surface area contributed by atoms with Crippen LogP contribution in [-0.4, -0.2) is 36.6 Å². The van der Waals surface area contributed by atoms with Crippen LogP contribution in [0.5, 0.6) is 0 Å². The van der Waals surface area contributed by atoms with Crippen LogP contribution >= 0.6 is 0 Å². The van der Waals surface area contributed by atoms with Crippen molar-refractivity contribution in [3.63, 3.8) is 0 Å². The lowest BCUT2D eigenvalue weighted by atomic mass is 10.3. The molecule has 0 N–H and O–H groups in total. The van der Waals surface area contributed by atoms with Gasteiger partial charge in [-0.05, 0) is 19.9 Å². The lowest BCUT2D eigenvalue weighted by Crippen LogP contribution is -2.32. The van der Waals surface area contributed by atoms with E-state index in [4.69, 9.17) is 5.26 Å². The van der Waals surface area contributed by atoms with E-state index in [0.717, 1.165) is 5.82 Å². The molecule has 1 rings (SSSR count). The number of nitrogens with zero attached hydrogens (tertiary/aromatic N) is 5. The molecule has 0 aliphatic rings. The van der Waals surface area contributed by atoms with Crippen molar-refractivity contribution in [1.29, 1.82) is 5.26 Å².